The molecule has 2 bridgehead atoms. The number of rotatable bonds is 2. The number of fused-ring (bicyclic) bond motifs is 2. The molecule has 4 unspecified atom stereocenters. The van der Waals surface area contributed by atoms with Crippen LogP contribution in [0.2, 0.25) is 0 Å². The number of amides is 1. The lowest BCUT2D eigenvalue weighted by Gasteiger charge is -2.49. The number of hydrogen-bond acceptors (Lipinski definition) is 4. The Hall–Kier alpha value is -1.11. The Morgan fingerprint density at radius 2 is 1.89 bits per heavy atom. The van der Waals surface area contributed by atoms with E-state index in [1.54, 1.807) is 0 Å². The summed E-state index contributed by atoms with van der Waals surface area (Å²) in [6.07, 6.45) is 2.36. The summed E-state index contributed by atoms with van der Waals surface area (Å²) in [5.74, 6) is -2.14. The van der Waals surface area contributed by atoms with E-state index in [0.717, 1.165) is 23.6 Å². The van der Waals surface area contributed by atoms with E-state index in [4.69, 9.17) is 0 Å². The Bertz CT molecular complexity index is 567. The molecule has 1 saturated heterocycles. The van der Waals surface area contributed by atoms with Gasteiger partial charge in [0.25, 0.3) is 15.9 Å². The zero-order valence-electron chi connectivity index (χ0n) is 10.9. The summed E-state index contributed by atoms with van der Waals surface area (Å²) in [5.41, 5.74) is 0. The van der Waals surface area contributed by atoms with E-state index in [9.17, 15) is 23.1 Å². The van der Waals surface area contributed by atoms with Crippen LogP contribution in [0.5, 0.6) is 0 Å². The highest BCUT2D eigenvalue weighted by Crippen LogP contribution is 2.54. The summed E-state index contributed by atoms with van der Waals surface area (Å²) in [6, 6.07) is -0.665. The summed E-state index contributed by atoms with van der Waals surface area (Å²) in [7, 11) is -3.70. The number of nitrogens with zero attached hydrogens (tertiary/aromatic N) is 1. The van der Waals surface area contributed by atoms with Gasteiger partial charge in [-0.25, -0.2) is 12.7 Å². The van der Waals surface area contributed by atoms with Crippen LogP contribution in [0.15, 0.2) is 0 Å². The fraction of sp³-hybridized carbons (Fsp3) is 0.833. The first kappa shape index (κ1) is 12.9. The molecule has 0 aromatic heterocycles. The van der Waals surface area contributed by atoms with Crippen molar-refractivity contribution in [3.63, 3.8) is 0 Å². The van der Waals surface area contributed by atoms with Crippen LogP contribution in [0.1, 0.15) is 33.1 Å². The molecular formula is C12H17NO5S. The first-order valence-corrected chi connectivity index (χ1v) is 7.95. The van der Waals surface area contributed by atoms with Crippen molar-refractivity contribution in [1.29, 1.82) is 0 Å². The predicted octanol–water partition coefficient (Wildman–Crippen LogP) is 0.436. The zero-order chi connectivity index (χ0) is 14.2. The van der Waals surface area contributed by atoms with E-state index in [-0.39, 0.29) is 11.8 Å². The second kappa shape index (κ2) is 3.50. The topological polar surface area (TPSA) is 91.8 Å². The molecule has 4 atom stereocenters. The van der Waals surface area contributed by atoms with Crippen LogP contribution in [0.3, 0.4) is 0 Å². The van der Waals surface area contributed by atoms with Crippen molar-refractivity contribution in [2.75, 3.05) is 0 Å². The molecule has 3 fully saturated rings. The first-order valence-electron chi connectivity index (χ1n) is 6.51. The third kappa shape index (κ3) is 1.34. The normalized spacial score (nSPS) is 42.2. The van der Waals surface area contributed by atoms with Gasteiger partial charge in [-0.3, -0.25) is 9.59 Å². The molecule has 19 heavy (non-hydrogen) atoms. The zero-order valence-corrected chi connectivity index (χ0v) is 11.7. The molecule has 2 aliphatic carbocycles. The maximum absolute atomic E-state index is 12.2. The number of carboxylic acid groups (broad SMARTS) is 1. The monoisotopic (exact) mass is 287 g/mol. The summed E-state index contributed by atoms with van der Waals surface area (Å²) in [4.78, 5) is 23.5. The number of sulfonamides is 1. The minimum atomic E-state index is -3.70. The molecule has 3 aliphatic rings. The molecule has 0 aromatic rings. The van der Waals surface area contributed by atoms with Gasteiger partial charge in [-0.2, -0.15) is 0 Å². The Labute approximate surface area is 111 Å². The van der Waals surface area contributed by atoms with Crippen LogP contribution in [0.4, 0.5) is 0 Å². The SMILES string of the molecule is CC1(C)C(=O)N(C2C3CCC(C3)C2C(=O)O)S1(=O)=O. The second-order valence-electron chi connectivity index (χ2n) is 6.30. The van der Waals surface area contributed by atoms with Gasteiger partial charge in [0.15, 0.2) is 4.75 Å². The van der Waals surface area contributed by atoms with Gasteiger partial charge in [0.05, 0.1) is 12.0 Å². The highest BCUT2D eigenvalue weighted by molar-refractivity contribution is 7.94. The molecular weight excluding hydrogens is 270 g/mol. The molecule has 1 aliphatic heterocycles. The second-order valence-corrected chi connectivity index (χ2v) is 8.67. The van der Waals surface area contributed by atoms with E-state index in [0.29, 0.717) is 0 Å². The van der Waals surface area contributed by atoms with Crippen LogP contribution in [-0.4, -0.2) is 40.5 Å². The number of carboxylic acids is 1. The number of hydrogen-bond donors (Lipinski definition) is 1. The maximum Gasteiger partial charge on any atom is 0.308 e. The summed E-state index contributed by atoms with van der Waals surface area (Å²) >= 11 is 0. The van der Waals surface area contributed by atoms with E-state index in [2.05, 4.69) is 0 Å². The van der Waals surface area contributed by atoms with E-state index in [1.165, 1.54) is 13.8 Å². The highest BCUT2D eigenvalue weighted by Gasteiger charge is 2.67. The number of carbonyl (C=O) groups excluding carboxylic acids is 1. The molecule has 6 nitrogen and oxygen atoms in total. The van der Waals surface area contributed by atoms with Gasteiger partial charge in [0, 0.05) is 0 Å². The van der Waals surface area contributed by atoms with E-state index >= 15 is 0 Å². The van der Waals surface area contributed by atoms with Crippen molar-refractivity contribution < 1.29 is 23.1 Å². The molecule has 1 N–H and O–H groups in total. The van der Waals surface area contributed by atoms with Crippen molar-refractivity contribution >= 4 is 21.9 Å². The van der Waals surface area contributed by atoms with Gasteiger partial charge in [0.2, 0.25) is 0 Å². The van der Waals surface area contributed by atoms with E-state index < -0.39 is 38.6 Å². The molecule has 0 aromatic carbocycles. The Morgan fingerprint density at radius 1 is 1.32 bits per heavy atom. The average Bonchev–Trinajstić information content (AvgIpc) is 2.88. The van der Waals surface area contributed by atoms with Crippen molar-refractivity contribution in [3.05, 3.63) is 0 Å². The Morgan fingerprint density at radius 3 is 2.42 bits per heavy atom. The van der Waals surface area contributed by atoms with Gasteiger partial charge in [0.1, 0.15) is 0 Å². The number of aliphatic carboxylic acids is 1. The lowest BCUT2D eigenvalue weighted by molar-refractivity contribution is -0.148. The first-order chi connectivity index (χ1) is 8.69. The van der Waals surface area contributed by atoms with Crippen molar-refractivity contribution in [1.82, 2.24) is 4.31 Å². The minimum Gasteiger partial charge on any atom is -0.481 e. The fourth-order valence-corrected chi connectivity index (χ4v) is 5.68. The van der Waals surface area contributed by atoms with Crippen LogP contribution in [0, 0.1) is 17.8 Å². The van der Waals surface area contributed by atoms with Crippen molar-refractivity contribution in [3.8, 4) is 0 Å². The lowest BCUT2D eigenvalue weighted by Crippen LogP contribution is -2.72. The van der Waals surface area contributed by atoms with Crippen LogP contribution in [-0.2, 0) is 19.6 Å². The fourth-order valence-electron chi connectivity index (χ4n) is 3.93. The summed E-state index contributed by atoms with van der Waals surface area (Å²) < 4.78 is 23.9. The Kier molecular flexibility index (Phi) is 2.38. The average molecular weight is 287 g/mol. The third-order valence-corrected chi connectivity index (χ3v) is 7.44. The quantitative estimate of drug-likeness (QED) is 0.795. The smallest absolute Gasteiger partial charge is 0.308 e. The molecule has 7 heteroatoms. The Balaban J connectivity index is 1.99. The summed E-state index contributed by atoms with van der Waals surface area (Å²) in [5, 5.41) is 9.33. The molecule has 106 valence electrons. The maximum atomic E-state index is 12.2. The van der Waals surface area contributed by atoms with Crippen LogP contribution >= 0.6 is 0 Å². The van der Waals surface area contributed by atoms with Gasteiger partial charge >= 0.3 is 5.97 Å². The minimum absolute atomic E-state index is 0.0132. The molecule has 0 spiro atoms. The molecule has 3 rings (SSSR count). The van der Waals surface area contributed by atoms with Gasteiger partial charge in [-0.15, -0.1) is 0 Å². The highest BCUT2D eigenvalue weighted by atomic mass is 32.2. The van der Waals surface area contributed by atoms with Crippen LogP contribution in [0.25, 0.3) is 0 Å². The van der Waals surface area contributed by atoms with Gasteiger partial charge < -0.3 is 5.11 Å². The predicted molar refractivity (Wildman–Crippen MR) is 65.6 cm³/mol. The van der Waals surface area contributed by atoms with E-state index in [1.807, 2.05) is 0 Å². The third-order valence-electron chi connectivity index (χ3n) is 5.05. The van der Waals surface area contributed by atoms with Crippen molar-refractivity contribution in [2.24, 2.45) is 17.8 Å². The van der Waals surface area contributed by atoms with Gasteiger partial charge in [-0.1, -0.05) is 0 Å². The molecule has 1 amide bonds. The number of carbonyl (C=O) groups is 2. The van der Waals surface area contributed by atoms with Crippen LogP contribution < -0.4 is 0 Å². The molecule has 0 radical (unpaired) electrons. The van der Waals surface area contributed by atoms with Crippen molar-refractivity contribution in [2.45, 2.75) is 43.9 Å². The largest absolute Gasteiger partial charge is 0.481 e. The standard InChI is InChI=1S/C12H17NO5S/c1-12(2)11(16)13(19(12,17)18)9-7-4-3-6(5-7)8(9)10(14)15/h6-9H,3-5H2,1-2H3,(H,14,15). The van der Waals surface area contributed by atoms with Gasteiger partial charge in [-0.05, 0) is 44.9 Å². The summed E-state index contributed by atoms with van der Waals surface area (Å²) in [6.45, 7) is 2.76. The lowest BCUT2D eigenvalue weighted by atomic mass is 9.84. The molecule has 1 heterocycles. The molecule has 2 saturated carbocycles.